The van der Waals surface area contributed by atoms with Crippen molar-refractivity contribution in [1.29, 1.82) is 10.5 Å². The summed E-state index contributed by atoms with van der Waals surface area (Å²) in [7, 11) is -3.10. The average molecular weight is 628 g/mol. The predicted molar refractivity (Wildman–Crippen MR) is 199 cm³/mol. The van der Waals surface area contributed by atoms with Crippen LogP contribution in [0.4, 0.5) is 0 Å². The summed E-state index contributed by atoms with van der Waals surface area (Å²) in [6.45, 7) is 0. The molecule has 0 bridgehead atoms. The van der Waals surface area contributed by atoms with Crippen LogP contribution < -0.4 is 20.7 Å². The summed E-state index contributed by atoms with van der Waals surface area (Å²) >= 11 is 0. The summed E-state index contributed by atoms with van der Waals surface area (Å²) in [5, 5.41) is 28.2. The van der Waals surface area contributed by atoms with Gasteiger partial charge in [0, 0.05) is 16.5 Å². The van der Waals surface area contributed by atoms with Crippen LogP contribution in [0.25, 0.3) is 38.6 Å². The second-order valence-electron chi connectivity index (χ2n) is 11.9. The zero-order chi connectivity index (χ0) is 32.5. The molecule has 7 aromatic carbocycles. The summed E-state index contributed by atoms with van der Waals surface area (Å²) < 4.78 is 2.25. The van der Waals surface area contributed by atoms with Crippen LogP contribution >= 0.6 is 0 Å². The number of para-hydroxylation sites is 2. The lowest BCUT2D eigenvalue weighted by atomic mass is 10.00. The molecule has 0 spiro atoms. The first-order chi connectivity index (χ1) is 23.7. The molecule has 0 aliphatic carbocycles. The van der Waals surface area contributed by atoms with E-state index in [4.69, 9.17) is 0 Å². The van der Waals surface area contributed by atoms with Crippen molar-refractivity contribution in [1.82, 2.24) is 4.57 Å². The van der Waals surface area contributed by atoms with E-state index in [9.17, 15) is 10.5 Å². The third-order valence-electron chi connectivity index (χ3n) is 9.38. The van der Waals surface area contributed by atoms with Crippen LogP contribution in [0, 0.1) is 22.7 Å². The van der Waals surface area contributed by atoms with E-state index in [-0.39, 0.29) is 0 Å². The summed E-state index contributed by atoms with van der Waals surface area (Å²) in [4.78, 5) is 0. The van der Waals surface area contributed by atoms with Crippen molar-refractivity contribution in [3.63, 3.8) is 0 Å². The Morgan fingerprint density at radius 1 is 0.458 bits per heavy atom. The highest BCUT2D eigenvalue weighted by molar-refractivity contribution is 7.20. The third-order valence-corrected chi connectivity index (χ3v) is 14.3. The molecular weight excluding hydrogens is 599 g/mol. The molecule has 48 heavy (non-hydrogen) atoms. The van der Waals surface area contributed by atoms with Gasteiger partial charge < -0.3 is 4.57 Å². The van der Waals surface area contributed by atoms with Gasteiger partial charge >= 0.3 is 0 Å². The molecule has 4 heteroatoms. The Balaban J connectivity index is 1.50. The Morgan fingerprint density at radius 2 is 0.958 bits per heavy atom. The van der Waals surface area contributed by atoms with E-state index in [1.807, 2.05) is 42.5 Å². The quantitative estimate of drug-likeness (QED) is 0.141. The second-order valence-corrected chi connectivity index (χ2v) is 15.7. The summed E-state index contributed by atoms with van der Waals surface area (Å²) in [6, 6.07) is 65.9. The molecule has 224 valence electrons. The molecule has 0 aliphatic rings. The normalized spacial score (nSPS) is 11.3. The Hall–Kier alpha value is -6.46. The smallest absolute Gasteiger partial charge is 0.181 e. The summed E-state index contributed by atoms with van der Waals surface area (Å²) in [5.74, 6) is 0. The van der Waals surface area contributed by atoms with Gasteiger partial charge in [-0.05, 0) is 68.3 Å². The first-order valence-electron chi connectivity index (χ1n) is 16.0. The van der Waals surface area contributed by atoms with E-state index in [2.05, 4.69) is 150 Å². The highest BCUT2D eigenvalue weighted by atomic mass is 28.3. The fraction of sp³-hybridized carbons (Fsp3) is 0. The molecule has 8 rings (SSSR count). The van der Waals surface area contributed by atoms with Gasteiger partial charge in [-0.25, -0.2) is 0 Å². The minimum Gasteiger partial charge on any atom is -0.309 e. The molecule has 0 N–H and O–H groups in total. The number of fused-ring (bicyclic) bond motifs is 3. The van der Waals surface area contributed by atoms with Crippen molar-refractivity contribution in [2.24, 2.45) is 0 Å². The molecule has 1 aromatic heterocycles. The molecular formula is C44H29N3Si. The lowest BCUT2D eigenvalue weighted by Crippen LogP contribution is -2.75. The first-order valence-corrected chi connectivity index (χ1v) is 18.0. The fourth-order valence-electron chi connectivity index (χ4n) is 7.45. The van der Waals surface area contributed by atoms with Crippen LogP contribution in [0.15, 0.2) is 176 Å². The summed E-state index contributed by atoms with van der Waals surface area (Å²) in [5.41, 5.74) is 6.11. The van der Waals surface area contributed by atoms with Crippen molar-refractivity contribution in [3.8, 4) is 29.0 Å². The van der Waals surface area contributed by atoms with Crippen molar-refractivity contribution >= 4 is 50.6 Å². The number of nitrogens with zero attached hydrogens (tertiary/aromatic N) is 3. The highest BCUT2D eigenvalue weighted by Gasteiger charge is 2.44. The SMILES string of the molecule is N#Cc1cc(-c2cccc(C#N)c2[Si](c2ccccc2)(c2ccccc2)c2ccccc2)cc(-n2c3ccccc3c3ccccc32)c1. The predicted octanol–water partition coefficient (Wildman–Crippen LogP) is 7.57. The number of rotatable bonds is 6. The molecule has 8 aromatic rings. The molecule has 0 saturated carbocycles. The monoisotopic (exact) mass is 627 g/mol. The number of benzene rings is 7. The van der Waals surface area contributed by atoms with Crippen LogP contribution in [0.5, 0.6) is 0 Å². The Labute approximate surface area is 280 Å². The molecule has 0 fully saturated rings. The zero-order valence-electron chi connectivity index (χ0n) is 26.1. The van der Waals surface area contributed by atoms with Gasteiger partial charge in [-0.2, -0.15) is 10.5 Å². The topological polar surface area (TPSA) is 52.5 Å². The van der Waals surface area contributed by atoms with Gasteiger partial charge in [-0.3, -0.25) is 0 Å². The van der Waals surface area contributed by atoms with Gasteiger partial charge in [0.1, 0.15) is 0 Å². The largest absolute Gasteiger partial charge is 0.309 e. The maximum absolute atomic E-state index is 10.9. The maximum Gasteiger partial charge on any atom is 0.181 e. The summed E-state index contributed by atoms with van der Waals surface area (Å²) in [6.07, 6.45) is 0. The Bertz CT molecular complexity index is 2370. The molecule has 3 nitrogen and oxygen atoms in total. The lowest BCUT2D eigenvalue weighted by Gasteiger charge is -2.36. The van der Waals surface area contributed by atoms with Crippen LogP contribution in [-0.4, -0.2) is 12.6 Å². The van der Waals surface area contributed by atoms with E-state index in [0.717, 1.165) is 43.8 Å². The number of nitriles is 2. The van der Waals surface area contributed by atoms with Crippen molar-refractivity contribution < 1.29 is 0 Å². The van der Waals surface area contributed by atoms with E-state index in [0.29, 0.717) is 11.1 Å². The Morgan fingerprint density at radius 3 is 1.46 bits per heavy atom. The maximum atomic E-state index is 10.9. The lowest BCUT2D eigenvalue weighted by molar-refractivity contribution is 1.18. The van der Waals surface area contributed by atoms with E-state index >= 15 is 0 Å². The zero-order valence-corrected chi connectivity index (χ0v) is 27.1. The molecule has 0 amide bonds. The van der Waals surface area contributed by atoms with Crippen molar-refractivity contribution in [2.45, 2.75) is 0 Å². The number of hydrogen-bond donors (Lipinski definition) is 0. The number of aromatic nitrogens is 1. The van der Waals surface area contributed by atoms with Gasteiger partial charge in [-0.1, -0.05) is 140 Å². The first kappa shape index (κ1) is 29.0. The van der Waals surface area contributed by atoms with Crippen LogP contribution in [-0.2, 0) is 0 Å². The second kappa shape index (κ2) is 12.0. The van der Waals surface area contributed by atoms with Gasteiger partial charge in [-0.15, -0.1) is 0 Å². The standard InChI is InChI=1S/C44H29N3Si/c45-30-32-27-34(29-35(28-32)47-42-25-12-10-22-40(42)41-23-11-13-26-43(41)47)39-24-14-15-33(31-46)44(39)48(36-16-4-1-5-17-36,37-18-6-2-7-19-37)38-20-8-3-9-21-38/h1-29H. The van der Waals surface area contributed by atoms with E-state index in [1.165, 1.54) is 15.6 Å². The minimum absolute atomic E-state index is 0.559. The van der Waals surface area contributed by atoms with Crippen LogP contribution in [0.3, 0.4) is 0 Å². The molecule has 0 unspecified atom stereocenters. The molecule has 0 aliphatic heterocycles. The van der Waals surface area contributed by atoms with Crippen LogP contribution in [0.1, 0.15) is 11.1 Å². The molecule has 0 saturated heterocycles. The minimum atomic E-state index is -3.10. The van der Waals surface area contributed by atoms with E-state index < -0.39 is 8.07 Å². The molecule has 0 radical (unpaired) electrons. The van der Waals surface area contributed by atoms with Gasteiger partial charge in [0.15, 0.2) is 8.07 Å². The van der Waals surface area contributed by atoms with Crippen LogP contribution in [0.2, 0.25) is 0 Å². The van der Waals surface area contributed by atoms with Gasteiger partial charge in [0.05, 0.1) is 34.3 Å². The van der Waals surface area contributed by atoms with Gasteiger partial charge in [0.2, 0.25) is 0 Å². The molecule has 1 heterocycles. The third kappa shape index (κ3) is 4.55. The average Bonchev–Trinajstić information content (AvgIpc) is 3.51. The van der Waals surface area contributed by atoms with Crippen molar-refractivity contribution in [2.75, 3.05) is 0 Å². The molecule has 0 atom stereocenters. The van der Waals surface area contributed by atoms with Crippen molar-refractivity contribution in [3.05, 3.63) is 187 Å². The highest BCUT2D eigenvalue weighted by Crippen LogP contribution is 2.34. The fourth-order valence-corrected chi connectivity index (χ4v) is 12.6. The number of hydrogen-bond acceptors (Lipinski definition) is 2. The Kier molecular flexibility index (Phi) is 7.27. The van der Waals surface area contributed by atoms with E-state index in [1.54, 1.807) is 0 Å². The van der Waals surface area contributed by atoms with Gasteiger partial charge in [0.25, 0.3) is 0 Å².